The van der Waals surface area contributed by atoms with Gasteiger partial charge in [0.15, 0.2) is 0 Å². The molecule has 1 nitrogen and oxygen atoms in total. The zero-order chi connectivity index (χ0) is 11.4. The van der Waals surface area contributed by atoms with Gasteiger partial charge in [-0.15, -0.1) is 0 Å². The van der Waals surface area contributed by atoms with Crippen LogP contribution in [0.15, 0.2) is 41.5 Å². The Bertz CT molecular complexity index is 445. The van der Waals surface area contributed by atoms with Crippen molar-refractivity contribution in [3.8, 4) is 11.8 Å². The molecule has 82 valence electrons. The molecule has 0 spiro atoms. The summed E-state index contributed by atoms with van der Waals surface area (Å²) < 4.78 is 5.59. The van der Waals surface area contributed by atoms with Crippen LogP contribution in [0.4, 0.5) is 0 Å². The third kappa shape index (κ3) is 2.35. The molecule has 0 saturated carbocycles. The van der Waals surface area contributed by atoms with Crippen molar-refractivity contribution >= 4 is 0 Å². The quantitative estimate of drug-likeness (QED) is 0.684. The molecule has 1 heteroatoms. The van der Waals surface area contributed by atoms with E-state index >= 15 is 0 Å². The summed E-state index contributed by atoms with van der Waals surface area (Å²) >= 11 is 0. The monoisotopic (exact) mass is 212 g/mol. The standard InChI is InChI=1S/C15H16O/c1-3-16-15-11-12(2)14(15)10-9-13-7-5-4-6-8-13/h4-8,15H,3,11H2,1-2H3/t15-/m0/s1. The van der Waals surface area contributed by atoms with Gasteiger partial charge in [-0.3, -0.25) is 0 Å². The fourth-order valence-electron chi connectivity index (χ4n) is 1.83. The summed E-state index contributed by atoms with van der Waals surface area (Å²) in [4.78, 5) is 0. The van der Waals surface area contributed by atoms with E-state index in [4.69, 9.17) is 4.74 Å². The molecule has 1 aromatic rings. The lowest BCUT2D eigenvalue weighted by atomic mass is 9.86. The number of hydrogen-bond acceptors (Lipinski definition) is 1. The smallest absolute Gasteiger partial charge is 0.0939 e. The van der Waals surface area contributed by atoms with Gasteiger partial charge in [-0.2, -0.15) is 0 Å². The van der Waals surface area contributed by atoms with E-state index < -0.39 is 0 Å². The lowest BCUT2D eigenvalue weighted by Crippen LogP contribution is -2.25. The minimum absolute atomic E-state index is 0.237. The predicted molar refractivity (Wildman–Crippen MR) is 66.1 cm³/mol. The van der Waals surface area contributed by atoms with Crippen molar-refractivity contribution in [1.29, 1.82) is 0 Å². The fraction of sp³-hybridized carbons (Fsp3) is 0.333. The first-order chi connectivity index (χ1) is 7.81. The van der Waals surface area contributed by atoms with E-state index in [1.807, 2.05) is 37.3 Å². The van der Waals surface area contributed by atoms with Gasteiger partial charge in [0.05, 0.1) is 6.10 Å². The molecule has 16 heavy (non-hydrogen) atoms. The van der Waals surface area contributed by atoms with Gasteiger partial charge in [-0.25, -0.2) is 0 Å². The normalized spacial score (nSPS) is 18.8. The highest BCUT2D eigenvalue weighted by atomic mass is 16.5. The van der Waals surface area contributed by atoms with Crippen molar-refractivity contribution in [2.45, 2.75) is 26.4 Å². The Morgan fingerprint density at radius 2 is 2.00 bits per heavy atom. The lowest BCUT2D eigenvalue weighted by molar-refractivity contribution is 0.0770. The zero-order valence-electron chi connectivity index (χ0n) is 9.79. The number of rotatable bonds is 2. The second-order valence-electron chi connectivity index (χ2n) is 3.96. The van der Waals surface area contributed by atoms with Crippen LogP contribution >= 0.6 is 0 Å². The summed E-state index contributed by atoms with van der Waals surface area (Å²) in [5, 5.41) is 0. The maximum absolute atomic E-state index is 5.59. The van der Waals surface area contributed by atoms with E-state index in [9.17, 15) is 0 Å². The van der Waals surface area contributed by atoms with Crippen LogP contribution in [0.5, 0.6) is 0 Å². The van der Waals surface area contributed by atoms with Crippen molar-refractivity contribution in [3.63, 3.8) is 0 Å². The molecule has 1 atom stereocenters. The van der Waals surface area contributed by atoms with E-state index in [1.165, 1.54) is 11.1 Å². The van der Waals surface area contributed by atoms with Crippen LogP contribution in [-0.2, 0) is 4.74 Å². The Kier molecular flexibility index (Phi) is 3.44. The van der Waals surface area contributed by atoms with Crippen LogP contribution in [-0.4, -0.2) is 12.7 Å². The second-order valence-corrected chi connectivity index (χ2v) is 3.96. The molecule has 0 saturated heterocycles. The summed E-state index contributed by atoms with van der Waals surface area (Å²) in [6.45, 7) is 4.91. The maximum Gasteiger partial charge on any atom is 0.0939 e. The SMILES string of the molecule is CCO[C@H]1CC(C)=C1C#Cc1ccccc1. The second kappa shape index (κ2) is 5.01. The molecular weight excluding hydrogens is 196 g/mol. The molecule has 0 fully saturated rings. The lowest BCUT2D eigenvalue weighted by Gasteiger charge is -2.28. The Balaban J connectivity index is 2.11. The highest BCUT2D eigenvalue weighted by Crippen LogP contribution is 2.30. The van der Waals surface area contributed by atoms with Crippen molar-refractivity contribution in [1.82, 2.24) is 0 Å². The van der Waals surface area contributed by atoms with Crippen molar-refractivity contribution < 1.29 is 4.74 Å². The molecule has 0 N–H and O–H groups in total. The molecule has 1 aromatic carbocycles. The van der Waals surface area contributed by atoms with E-state index in [2.05, 4.69) is 18.8 Å². The number of benzene rings is 1. The minimum atomic E-state index is 0.237. The first kappa shape index (κ1) is 11.0. The molecular formula is C15H16O. The maximum atomic E-state index is 5.59. The molecule has 0 bridgehead atoms. The Labute approximate surface area is 97.1 Å². The first-order valence-corrected chi connectivity index (χ1v) is 5.69. The molecule has 0 unspecified atom stereocenters. The summed E-state index contributed by atoms with van der Waals surface area (Å²) in [5.74, 6) is 6.40. The van der Waals surface area contributed by atoms with Gasteiger partial charge in [-0.05, 0) is 26.0 Å². The van der Waals surface area contributed by atoms with E-state index in [0.29, 0.717) is 0 Å². The van der Waals surface area contributed by atoms with Crippen LogP contribution in [0.2, 0.25) is 0 Å². The predicted octanol–water partition coefficient (Wildman–Crippen LogP) is 3.16. The zero-order valence-corrected chi connectivity index (χ0v) is 9.79. The first-order valence-electron chi connectivity index (χ1n) is 5.69. The Hall–Kier alpha value is -1.52. The highest BCUT2D eigenvalue weighted by molar-refractivity contribution is 5.48. The van der Waals surface area contributed by atoms with E-state index in [1.54, 1.807) is 0 Å². The van der Waals surface area contributed by atoms with E-state index in [-0.39, 0.29) is 6.10 Å². The average molecular weight is 212 g/mol. The van der Waals surface area contributed by atoms with Crippen molar-refractivity contribution in [2.75, 3.05) is 6.61 Å². The van der Waals surface area contributed by atoms with Gasteiger partial charge in [-0.1, -0.05) is 35.6 Å². The van der Waals surface area contributed by atoms with Gasteiger partial charge < -0.3 is 4.74 Å². The van der Waals surface area contributed by atoms with Crippen LogP contribution in [0, 0.1) is 11.8 Å². The molecule has 0 radical (unpaired) electrons. The minimum Gasteiger partial charge on any atom is -0.373 e. The summed E-state index contributed by atoms with van der Waals surface area (Å²) in [6.07, 6.45) is 1.27. The van der Waals surface area contributed by atoms with Crippen LogP contribution in [0.1, 0.15) is 25.8 Å². The van der Waals surface area contributed by atoms with Crippen LogP contribution in [0.25, 0.3) is 0 Å². The molecule has 0 heterocycles. The van der Waals surface area contributed by atoms with Gasteiger partial charge in [0, 0.05) is 24.2 Å². The number of hydrogen-bond donors (Lipinski definition) is 0. The molecule has 1 aliphatic carbocycles. The highest BCUT2D eigenvalue weighted by Gasteiger charge is 2.25. The Morgan fingerprint density at radius 1 is 1.25 bits per heavy atom. The third-order valence-corrected chi connectivity index (χ3v) is 2.76. The number of ether oxygens (including phenoxy) is 1. The molecule has 0 amide bonds. The van der Waals surface area contributed by atoms with Crippen molar-refractivity contribution in [3.05, 3.63) is 47.0 Å². The van der Waals surface area contributed by atoms with Gasteiger partial charge >= 0.3 is 0 Å². The molecule has 0 aromatic heterocycles. The summed E-state index contributed by atoms with van der Waals surface area (Å²) in [6, 6.07) is 10.1. The van der Waals surface area contributed by atoms with Crippen LogP contribution in [0.3, 0.4) is 0 Å². The third-order valence-electron chi connectivity index (χ3n) is 2.76. The molecule has 1 aliphatic rings. The van der Waals surface area contributed by atoms with Gasteiger partial charge in [0.25, 0.3) is 0 Å². The van der Waals surface area contributed by atoms with E-state index in [0.717, 1.165) is 18.6 Å². The molecule has 2 rings (SSSR count). The Morgan fingerprint density at radius 3 is 2.62 bits per heavy atom. The average Bonchev–Trinajstić information content (AvgIpc) is 2.30. The fourth-order valence-corrected chi connectivity index (χ4v) is 1.83. The van der Waals surface area contributed by atoms with Crippen molar-refractivity contribution in [2.24, 2.45) is 0 Å². The topological polar surface area (TPSA) is 9.23 Å². The summed E-state index contributed by atoms with van der Waals surface area (Å²) in [7, 11) is 0. The van der Waals surface area contributed by atoms with Gasteiger partial charge in [0.1, 0.15) is 0 Å². The van der Waals surface area contributed by atoms with Crippen LogP contribution < -0.4 is 0 Å². The molecule has 0 aliphatic heterocycles. The van der Waals surface area contributed by atoms with Gasteiger partial charge in [0.2, 0.25) is 0 Å². The largest absolute Gasteiger partial charge is 0.373 e. The summed E-state index contributed by atoms with van der Waals surface area (Å²) in [5.41, 5.74) is 3.59.